The number of likely N-dealkylation sites (N-methyl/N-ethyl adjacent to an activating group) is 3. The van der Waals surface area contributed by atoms with Crippen LogP contribution in [0, 0.1) is 27.7 Å². The fourth-order valence-corrected chi connectivity index (χ4v) is 12.3. The number of fused-ring (bicyclic) bond motifs is 4. The van der Waals surface area contributed by atoms with Crippen molar-refractivity contribution in [1.82, 2.24) is 59.6 Å². The van der Waals surface area contributed by atoms with Crippen molar-refractivity contribution in [3.8, 4) is 62.9 Å². The predicted octanol–water partition coefficient (Wildman–Crippen LogP) is 9.48. The molecule has 10 heterocycles. The molecule has 3 aliphatic rings. The SMILES string of the molecule is COc1cnc(N)cc1COc1nc(-c2cc(C)c3c(c2)CN(C)CC3)cnc1N.Cc1cc(-c2cnc(N)c(Oc3csc4c(N)nccc34)n2)cc2c1CCN(C)C2.Cc1cnc(N)cc1COc1nc(-c2cc(C)c3c(c2)CCN(C)C3)cnc1N. The fraction of sp³-hybridized carbons (Fsp3) is 0.288. The van der Waals surface area contributed by atoms with Gasteiger partial charge in [0.2, 0.25) is 0 Å². The summed E-state index contributed by atoms with van der Waals surface area (Å²) in [5, 5.41) is 2.77. The van der Waals surface area contributed by atoms with Gasteiger partial charge in [-0.2, -0.15) is 0 Å². The first-order valence-corrected chi connectivity index (χ1v) is 30.1. The smallest absolute Gasteiger partial charge is 0.263 e. The molecule has 22 nitrogen and oxygen atoms in total. The Bertz CT molecular complexity index is 4280. The number of nitrogens with zero attached hydrogens (tertiary/aromatic N) is 12. The van der Waals surface area contributed by atoms with Crippen molar-refractivity contribution in [1.29, 1.82) is 0 Å². The Labute approximate surface area is 521 Å². The average molecular weight is 1220 g/mol. The topological polar surface area (TPSA) is 319 Å². The molecule has 10 aromatic rings. The Morgan fingerprint density at radius 1 is 0.472 bits per heavy atom. The number of ether oxygens (including phenoxy) is 4. The van der Waals surface area contributed by atoms with Gasteiger partial charge >= 0.3 is 0 Å². The van der Waals surface area contributed by atoms with Crippen LogP contribution in [0.2, 0.25) is 0 Å². The number of nitrogens with two attached hydrogens (primary N) is 6. The van der Waals surface area contributed by atoms with Crippen LogP contribution in [0.1, 0.15) is 66.8 Å². The van der Waals surface area contributed by atoms with Gasteiger partial charge in [0.1, 0.15) is 42.2 Å². The zero-order valence-corrected chi connectivity index (χ0v) is 52.2. The molecule has 0 fully saturated rings. The van der Waals surface area contributed by atoms with E-state index in [1.54, 1.807) is 56.4 Å². The second kappa shape index (κ2) is 26.3. The number of anilines is 6. The first-order valence-electron chi connectivity index (χ1n) is 29.2. The fourth-order valence-electron chi connectivity index (χ4n) is 11.4. The van der Waals surface area contributed by atoms with E-state index < -0.39 is 0 Å². The summed E-state index contributed by atoms with van der Waals surface area (Å²) in [6.45, 7) is 15.0. The number of hydrogen-bond donors (Lipinski definition) is 6. The molecule has 0 unspecified atom stereocenters. The second-order valence-corrected chi connectivity index (χ2v) is 23.8. The van der Waals surface area contributed by atoms with Gasteiger partial charge in [0, 0.05) is 84.7 Å². The summed E-state index contributed by atoms with van der Waals surface area (Å²) in [6, 6.07) is 18.5. The summed E-state index contributed by atoms with van der Waals surface area (Å²) < 4.78 is 24.0. The van der Waals surface area contributed by atoms with Crippen LogP contribution in [0.15, 0.2) is 97.2 Å². The first kappa shape index (κ1) is 60.9. The van der Waals surface area contributed by atoms with E-state index in [0.29, 0.717) is 41.4 Å². The standard InChI is InChI=1S/C22H26N6O2.C22H22N6OS.C22H26N6O/c1-13-6-14(7-15-11-28(2)5-4-17(13)15)18-9-26-21(24)22(27-18)30-12-16-8-20(23)25-10-19(16)29-3;1-12-7-13(8-14-10-28(2)6-4-15(12)14)17-9-26-21(24)22(27-17)29-18-11-30-19-16(18)3-5-25-20(19)23;1-13-6-16(7-15-4-5-28(3)11-18(13)15)19-10-26-21(24)22(27-19)29-12-17-8-20(23)25-9-14(17)2/h6-10H,4-5,11-12H2,1-3H3,(H2,23,25)(H2,24,26);3,5,7-9,11H,4,6,10H2,1-2H3,(H2,23,25)(H2,24,26);6-10H,4-5,11-12H2,1-3H3,(H2,23,25)(H2,24,26). The predicted molar refractivity (Wildman–Crippen MR) is 351 cm³/mol. The van der Waals surface area contributed by atoms with Gasteiger partial charge in [-0.25, -0.2) is 44.9 Å². The van der Waals surface area contributed by atoms with E-state index in [1.807, 2.05) is 18.4 Å². The molecular formula is C66H74N18O4S. The van der Waals surface area contributed by atoms with Crippen molar-refractivity contribution < 1.29 is 18.9 Å². The summed E-state index contributed by atoms with van der Waals surface area (Å²) >= 11 is 1.48. The van der Waals surface area contributed by atoms with Crippen LogP contribution in [0.5, 0.6) is 29.1 Å². The Balaban J connectivity index is 0.000000138. The van der Waals surface area contributed by atoms with E-state index in [1.165, 1.54) is 61.4 Å². The van der Waals surface area contributed by atoms with Gasteiger partial charge in [0.25, 0.3) is 17.6 Å². The number of aryl methyl sites for hydroxylation is 4. The molecule has 89 heavy (non-hydrogen) atoms. The van der Waals surface area contributed by atoms with Crippen LogP contribution in [-0.2, 0) is 52.1 Å². The molecule has 0 bridgehead atoms. The largest absolute Gasteiger partial charge is 0.495 e. The van der Waals surface area contributed by atoms with Crippen LogP contribution in [0.4, 0.5) is 34.9 Å². The lowest BCUT2D eigenvalue weighted by atomic mass is 9.92. The molecule has 23 heteroatoms. The number of nitrogen functional groups attached to an aromatic ring is 6. The van der Waals surface area contributed by atoms with Gasteiger partial charge in [0.15, 0.2) is 17.5 Å². The maximum absolute atomic E-state index is 6.08. The highest BCUT2D eigenvalue weighted by Crippen LogP contribution is 2.39. The van der Waals surface area contributed by atoms with Gasteiger partial charge in [0.05, 0.1) is 53.7 Å². The normalized spacial score (nSPS) is 13.9. The number of benzene rings is 3. The molecule has 0 saturated heterocycles. The van der Waals surface area contributed by atoms with Gasteiger partial charge in [-0.1, -0.05) is 0 Å². The molecule has 12 N–H and O–H groups in total. The molecule has 0 amide bonds. The minimum atomic E-state index is 0.187. The lowest BCUT2D eigenvalue weighted by Gasteiger charge is -2.27. The Kier molecular flexibility index (Phi) is 18.0. The zero-order valence-electron chi connectivity index (χ0n) is 51.4. The Hall–Kier alpha value is -9.81. The second-order valence-electron chi connectivity index (χ2n) is 22.9. The summed E-state index contributed by atoms with van der Waals surface area (Å²) in [4.78, 5) is 46.1. The molecular weight excluding hydrogens is 1140 g/mol. The van der Waals surface area contributed by atoms with Crippen molar-refractivity contribution >= 4 is 56.3 Å². The summed E-state index contributed by atoms with van der Waals surface area (Å²) in [7, 11) is 8.01. The number of thiophene rings is 1. The van der Waals surface area contributed by atoms with Crippen molar-refractivity contribution in [2.75, 3.05) is 82.3 Å². The molecule has 0 atom stereocenters. The molecule has 0 saturated carbocycles. The minimum absolute atomic E-state index is 0.187. The molecule has 13 rings (SSSR count). The third-order valence-electron chi connectivity index (χ3n) is 16.3. The zero-order chi connectivity index (χ0) is 62.6. The number of rotatable bonds is 12. The van der Waals surface area contributed by atoms with Crippen LogP contribution in [0.25, 0.3) is 43.9 Å². The van der Waals surface area contributed by atoms with E-state index in [9.17, 15) is 0 Å². The quantitative estimate of drug-likeness (QED) is 0.0663. The lowest BCUT2D eigenvalue weighted by molar-refractivity contribution is 0.286. The number of aromatic nitrogens is 9. The molecule has 3 aromatic carbocycles. The maximum atomic E-state index is 6.08. The van der Waals surface area contributed by atoms with Crippen LogP contribution < -0.4 is 53.3 Å². The first-order chi connectivity index (χ1) is 42.8. The van der Waals surface area contributed by atoms with Crippen molar-refractivity contribution in [3.63, 3.8) is 0 Å². The Morgan fingerprint density at radius 3 is 1.53 bits per heavy atom. The van der Waals surface area contributed by atoms with Crippen molar-refractivity contribution in [2.24, 2.45) is 0 Å². The summed E-state index contributed by atoms with van der Waals surface area (Å²) in [5.41, 5.74) is 55.7. The number of methoxy groups -OCH3 is 1. The van der Waals surface area contributed by atoms with Crippen molar-refractivity contribution in [3.05, 3.63) is 164 Å². The molecule has 0 radical (unpaired) electrons. The van der Waals surface area contributed by atoms with Crippen LogP contribution >= 0.6 is 11.3 Å². The minimum Gasteiger partial charge on any atom is -0.495 e. The van der Waals surface area contributed by atoms with E-state index in [0.717, 1.165) is 119 Å². The third kappa shape index (κ3) is 13.8. The maximum Gasteiger partial charge on any atom is 0.263 e. The van der Waals surface area contributed by atoms with Crippen LogP contribution in [-0.4, -0.2) is 107 Å². The van der Waals surface area contributed by atoms with E-state index in [2.05, 4.69) is 133 Å². The molecule has 0 aliphatic carbocycles. The van der Waals surface area contributed by atoms with E-state index in [-0.39, 0.29) is 35.8 Å². The number of pyridine rings is 3. The highest BCUT2D eigenvalue weighted by atomic mass is 32.1. The average Bonchev–Trinajstić information content (AvgIpc) is 2.64. The molecule has 7 aromatic heterocycles. The summed E-state index contributed by atoms with van der Waals surface area (Å²) in [5.74, 6) is 4.18. The van der Waals surface area contributed by atoms with E-state index in [4.69, 9.17) is 58.3 Å². The highest BCUT2D eigenvalue weighted by Gasteiger charge is 2.23. The van der Waals surface area contributed by atoms with Gasteiger partial charge in [-0.3, -0.25) is 0 Å². The summed E-state index contributed by atoms with van der Waals surface area (Å²) in [6.07, 6.45) is 13.2. The van der Waals surface area contributed by atoms with Gasteiger partial charge < -0.3 is 68.0 Å². The molecule has 3 aliphatic heterocycles. The lowest BCUT2D eigenvalue weighted by Crippen LogP contribution is -2.27. The van der Waals surface area contributed by atoms with E-state index >= 15 is 0 Å². The van der Waals surface area contributed by atoms with Gasteiger partial charge in [-0.05, 0) is 184 Å². The molecule has 0 spiro atoms. The number of hydrogen-bond acceptors (Lipinski definition) is 23. The highest BCUT2D eigenvalue weighted by molar-refractivity contribution is 7.18. The third-order valence-corrected chi connectivity index (χ3v) is 17.3. The monoisotopic (exact) mass is 1210 g/mol. The molecule has 458 valence electrons. The van der Waals surface area contributed by atoms with Crippen LogP contribution in [0.3, 0.4) is 0 Å². The van der Waals surface area contributed by atoms with Crippen molar-refractivity contribution in [2.45, 2.75) is 79.8 Å². The van der Waals surface area contributed by atoms with Gasteiger partial charge in [-0.15, -0.1) is 11.3 Å². The Morgan fingerprint density at radius 2 is 0.955 bits per heavy atom.